The smallest absolute Gasteiger partial charge is 0.227 e. The molecule has 0 saturated carbocycles. The summed E-state index contributed by atoms with van der Waals surface area (Å²) in [4.78, 5) is 28.6. The minimum atomic E-state index is 0.112. The Labute approximate surface area is 228 Å². The Kier molecular flexibility index (Phi) is 8.93. The average molecular weight is 530 g/mol. The first kappa shape index (κ1) is 27.1. The summed E-state index contributed by atoms with van der Waals surface area (Å²) in [5.74, 6) is 7.40. The van der Waals surface area contributed by atoms with Gasteiger partial charge in [0.15, 0.2) is 0 Å². The predicted octanol–water partition coefficient (Wildman–Crippen LogP) is 4.93. The molecule has 0 spiro atoms. The largest absolute Gasteiger partial charge is 0.397 e. The number of carbonyl (C=O) groups is 1. The SMILES string of the molecule is C=CC.CCc1cc2c(N3CCN(C(=O)Cc4cccc(N(N)c5ccccc5N)c4)CC3)ncnc2s1. The molecule has 1 amide bonds. The second kappa shape index (κ2) is 12.5. The van der Waals surface area contributed by atoms with Crippen LogP contribution in [0.15, 0.2) is 73.6 Å². The quantitative estimate of drug-likeness (QED) is 0.158. The number of hydrazine groups is 1. The molecule has 0 aliphatic carbocycles. The fourth-order valence-electron chi connectivity index (χ4n) is 4.44. The van der Waals surface area contributed by atoms with E-state index < -0.39 is 0 Å². The summed E-state index contributed by atoms with van der Waals surface area (Å²) in [7, 11) is 0. The molecule has 0 atom stereocenters. The van der Waals surface area contributed by atoms with E-state index in [1.807, 2.05) is 60.4 Å². The zero-order valence-corrected chi connectivity index (χ0v) is 22.8. The van der Waals surface area contributed by atoms with Crippen molar-refractivity contribution in [3.8, 4) is 0 Å². The van der Waals surface area contributed by atoms with Crippen molar-refractivity contribution in [1.29, 1.82) is 0 Å². The van der Waals surface area contributed by atoms with E-state index in [1.54, 1.807) is 28.7 Å². The molecule has 2 aromatic carbocycles. The fourth-order valence-corrected chi connectivity index (χ4v) is 5.37. The number of allylic oxidation sites excluding steroid dienone is 1. The molecule has 8 nitrogen and oxygen atoms in total. The molecule has 198 valence electrons. The van der Waals surface area contributed by atoms with Crippen LogP contribution < -0.4 is 21.5 Å². The van der Waals surface area contributed by atoms with E-state index in [9.17, 15) is 4.79 Å². The van der Waals surface area contributed by atoms with Crippen LogP contribution >= 0.6 is 11.3 Å². The molecule has 0 bridgehead atoms. The Morgan fingerprint density at radius 2 is 1.84 bits per heavy atom. The molecule has 2 aromatic heterocycles. The number of anilines is 4. The predicted molar refractivity (Wildman–Crippen MR) is 159 cm³/mol. The molecule has 1 aliphatic heterocycles. The van der Waals surface area contributed by atoms with E-state index in [2.05, 4.69) is 34.4 Å². The van der Waals surface area contributed by atoms with Crippen LogP contribution in [0.5, 0.6) is 0 Å². The van der Waals surface area contributed by atoms with Crippen LogP contribution in [0.2, 0.25) is 0 Å². The summed E-state index contributed by atoms with van der Waals surface area (Å²) in [5, 5.41) is 2.66. The minimum Gasteiger partial charge on any atom is -0.397 e. The highest BCUT2D eigenvalue weighted by Gasteiger charge is 2.24. The third kappa shape index (κ3) is 6.12. The number of rotatable bonds is 6. The van der Waals surface area contributed by atoms with Crippen molar-refractivity contribution in [1.82, 2.24) is 14.9 Å². The lowest BCUT2D eigenvalue weighted by molar-refractivity contribution is -0.130. The summed E-state index contributed by atoms with van der Waals surface area (Å²) < 4.78 is 0. The minimum absolute atomic E-state index is 0.112. The van der Waals surface area contributed by atoms with E-state index in [1.165, 1.54) is 4.88 Å². The lowest BCUT2D eigenvalue weighted by Gasteiger charge is -2.35. The Hall–Kier alpha value is -3.95. The molecule has 1 aliphatic rings. The van der Waals surface area contributed by atoms with Crippen molar-refractivity contribution in [3.05, 3.63) is 84.0 Å². The molecule has 1 fully saturated rings. The number of amides is 1. The molecular formula is C29H35N7OS. The highest BCUT2D eigenvalue weighted by molar-refractivity contribution is 7.18. The van der Waals surface area contributed by atoms with Gasteiger partial charge in [-0.15, -0.1) is 17.9 Å². The Morgan fingerprint density at radius 3 is 2.55 bits per heavy atom. The lowest BCUT2D eigenvalue weighted by atomic mass is 10.1. The molecule has 4 aromatic rings. The first-order valence-corrected chi connectivity index (χ1v) is 13.6. The van der Waals surface area contributed by atoms with Crippen molar-refractivity contribution in [2.45, 2.75) is 26.7 Å². The number of nitrogens with two attached hydrogens (primary N) is 2. The van der Waals surface area contributed by atoms with Crippen LogP contribution in [0, 0.1) is 0 Å². The third-order valence-corrected chi connectivity index (χ3v) is 7.57. The zero-order chi connectivity index (χ0) is 27.1. The molecule has 5 rings (SSSR count). The highest BCUT2D eigenvalue weighted by atomic mass is 32.1. The fraction of sp³-hybridized carbons (Fsp3) is 0.276. The lowest BCUT2D eigenvalue weighted by Crippen LogP contribution is -2.49. The molecule has 38 heavy (non-hydrogen) atoms. The number of piperazine rings is 1. The van der Waals surface area contributed by atoms with Gasteiger partial charge in [-0.3, -0.25) is 9.80 Å². The average Bonchev–Trinajstić information content (AvgIpc) is 3.37. The number of nitrogen functional groups attached to an aromatic ring is 1. The maximum atomic E-state index is 13.1. The van der Waals surface area contributed by atoms with Gasteiger partial charge in [-0.25, -0.2) is 15.8 Å². The highest BCUT2D eigenvalue weighted by Crippen LogP contribution is 2.31. The number of carbonyl (C=O) groups excluding carboxylic acids is 1. The van der Waals surface area contributed by atoms with Crippen molar-refractivity contribution >= 4 is 50.3 Å². The second-order valence-electron chi connectivity index (χ2n) is 9.03. The topological polar surface area (TPSA) is 105 Å². The zero-order valence-electron chi connectivity index (χ0n) is 22.0. The summed E-state index contributed by atoms with van der Waals surface area (Å²) in [6, 6.07) is 17.4. The Morgan fingerprint density at radius 1 is 1.11 bits per heavy atom. The van der Waals surface area contributed by atoms with Gasteiger partial charge in [0.1, 0.15) is 17.0 Å². The van der Waals surface area contributed by atoms with Gasteiger partial charge in [0, 0.05) is 31.1 Å². The van der Waals surface area contributed by atoms with Gasteiger partial charge < -0.3 is 15.5 Å². The molecule has 3 heterocycles. The maximum Gasteiger partial charge on any atom is 0.227 e. The second-order valence-corrected chi connectivity index (χ2v) is 10.1. The molecule has 9 heteroatoms. The number of aryl methyl sites for hydroxylation is 1. The van der Waals surface area contributed by atoms with Crippen LogP contribution in [0.1, 0.15) is 24.3 Å². The Balaban J connectivity index is 0.00000107. The van der Waals surface area contributed by atoms with Gasteiger partial charge >= 0.3 is 0 Å². The molecule has 0 radical (unpaired) electrons. The van der Waals surface area contributed by atoms with Gasteiger partial charge in [-0.1, -0.05) is 37.3 Å². The van der Waals surface area contributed by atoms with Gasteiger partial charge in [0.2, 0.25) is 5.91 Å². The number of para-hydroxylation sites is 2. The van der Waals surface area contributed by atoms with E-state index in [-0.39, 0.29) is 5.91 Å². The number of benzene rings is 2. The normalized spacial score (nSPS) is 13.1. The first-order chi connectivity index (χ1) is 18.4. The van der Waals surface area contributed by atoms with E-state index in [4.69, 9.17) is 11.6 Å². The van der Waals surface area contributed by atoms with Gasteiger partial charge in [0.05, 0.1) is 28.9 Å². The third-order valence-electron chi connectivity index (χ3n) is 6.38. The summed E-state index contributed by atoms with van der Waals surface area (Å²) in [5.41, 5.74) is 9.10. The van der Waals surface area contributed by atoms with Crippen molar-refractivity contribution in [2.75, 3.05) is 41.8 Å². The van der Waals surface area contributed by atoms with E-state index >= 15 is 0 Å². The van der Waals surface area contributed by atoms with Gasteiger partial charge in [0.25, 0.3) is 0 Å². The summed E-state index contributed by atoms with van der Waals surface area (Å²) >= 11 is 1.72. The van der Waals surface area contributed by atoms with Crippen molar-refractivity contribution in [3.63, 3.8) is 0 Å². The van der Waals surface area contributed by atoms with Crippen molar-refractivity contribution in [2.24, 2.45) is 5.84 Å². The Bertz CT molecular complexity index is 1390. The van der Waals surface area contributed by atoms with Crippen LogP contribution in [0.4, 0.5) is 22.9 Å². The standard InChI is InChI=1S/C26H29N7OS.C3H6/c1-2-20-16-21-25(29-17-30-26(21)35-20)32-12-10-31(11-13-32)24(34)15-18-6-5-7-19(14-18)33(28)23-9-4-3-8-22(23)27;1-3-2/h3-9,14,16-17H,2,10-13,15,27-28H2,1H3;3H,1H2,2H3. The number of hydrogen-bond acceptors (Lipinski definition) is 8. The van der Waals surface area contributed by atoms with Crippen LogP contribution in [-0.4, -0.2) is 47.0 Å². The molecular weight excluding hydrogens is 494 g/mol. The monoisotopic (exact) mass is 529 g/mol. The van der Waals surface area contributed by atoms with Gasteiger partial charge in [-0.05, 0) is 49.2 Å². The van der Waals surface area contributed by atoms with Crippen molar-refractivity contribution < 1.29 is 4.79 Å². The molecule has 0 unspecified atom stereocenters. The van der Waals surface area contributed by atoms with E-state index in [0.717, 1.165) is 52.5 Å². The number of hydrogen-bond donors (Lipinski definition) is 2. The van der Waals surface area contributed by atoms with E-state index in [0.29, 0.717) is 25.2 Å². The molecule has 1 saturated heterocycles. The number of aromatic nitrogens is 2. The molecule has 4 N–H and O–H groups in total. The number of fused-ring (bicyclic) bond motifs is 1. The number of nitrogens with zero attached hydrogens (tertiary/aromatic N) is 5. The summed E-state index contributed by atoms with van der Waals surface area (Å²) in [6.07, 6.45) is 4.71. The van der Waals surface area contributed by atoms with Crippen LogP contribution in [0.3, 0.4) is 0 Å². The van der Waals surface area contributed by atoms with Crippen LogP contribution in [0.25, 0.3) is 10.2 Å². The first-order valence-electron chi connectivity index (χ1n) is 12.8. The number of thiophene rings is 1. The maximum absolute atomic E-state index is 13.1. The van der Waals surface area contributed by atoms with Gasteiger partial charge in [-0.2, -0.15) is 0 Å². The summed E-state index contributed by atoms with van der Waals surface area (Å²) in [6.45, 7) is 10.2. The van der Waals surface area contributed by atoms with Crippen LogP contribution in [-0.2, 0) is 17.6 Å².